The lowest BCUT2D eigenvalue weighted by atomic mass is 9.97. The van der Waals surface area contributed by atoms with Crippen molar-refractivity contribution in [2.45, 2.75) is 47.0 Å². The summed E-state index contributed by atoms with van der Waals surface area (Å²) in [5.74, 6) is -1.24. The van der Waals surface area contributed by atoms with Crippen LogP contribution in [0.5, 0.6) is 5.75 Å². The molecule has 0 spiro atoms. The van der Waals surface area contributed by atoms with Gasteiger partial charge in [0.25, 0.3) is 5.76 Å². The van der Waals surface area contributed by atoms with Crippen molar-refractivity contribution >= 4 is 23.7 Å². The highest BCUT2D eigenvalue weighted by Crippen LogP contribution is 2.42. The van der Waals surface area contributed by atoms with Crippen LogP contribution in [0.25, 0.3) is 0 Å². The lowest BCUT2D eigenvalue weighted by Crippen LogP contribution is -2.28. The highest BCUT2D eigenvalue weighted by Gasteiger charge is 2.38. The van der Waals surface area contributed by atoms with Gasteiger partial charge in [0.05, 0.1) is 17.6 Å². The van der Waals surface area contributed by atoms with Gasteiger partial charge in [0.1, 0.15) is 0 Å². The average molecular weight is 363 g/mol. The molecule has 0 radical (unpaired) electrons. The molecular weight excluding hydrogens is 338 g/mol. The van der Waals surface area contributed by atoms with Gasteiger partial charge >= 0.3 is 11.9 Å². The minimum atomic E-state index is -0.756. The smallest absolute Gasteiger partial charge is 0.378 e. The molecule has 7 nitrogen and oxygen atoms in total. The Morgan fingerprint density at radius 2 is 2.00 bits per heavy atom. The zero-order valence-electron chi connectivity index (χ0n) is 15.7. The Morgan fingerprint density at radius 1 is 1.31 bits per heavy atom. The molecule has 2 rings (SSSR count). The zero-order valence-corrected chi connectivity index (χ0v) is 15.7. The molecule has 1 aromatic rings. The van der Waals surface area contributed by atoms with Crippen molar-refractivity contribution < 1.29 is 28.3 Å². The van der Waals surface area contributed by atoms with Gasteiger partial charge in [-0.3, -0.25) is 14.5 Å². The van der Waals surface area contributed by atoms with Crippen LogP contribution in [-0.4, -0.2) is 31.0 Å². The molecule has 2 heterocycles. The van der Waals surface area contributed by atoms with E-state index in [1.165, 1.54) is 4.90 Å². The lowest BCUT2D eigenvalue weighted by molar-refractivity contribution is -0.143. The van der Waals surface area contributed by atoms with Crippen molar-refractivity contribution in [1.82, 2.24) is 0 Å². The first-order valence-electron chi connectivity index (χ1n) is 8.67. The monoisotopic (exact) mass is 363 g/mol. The fraction of sp³-hybridized carbons (Fsp3) is 0.526. The van der Waals surface area contributed by atoms with Crippen molar-refractivity contribution in [2.24, 2.45) is 5.41 Å². The van der Waals surface area contributed by atoms with Crippen LogP contribution in [0.3, 0.4) is 0 Å². The maximum absolute atomic E-state index is 12.4. The second-order valence-corrected chi connectivity index (χ2v) is 7.03. The number of furan rings is 1. The predicted octanol–water partition coefficient (Wildman–Crippen LogP) is 3.26. The summed E-state index contributed by atoms with van der Waals surface area (Å²) in [6.07, 6.45) is 2.93. The van der Waals surface area contributed by atoms with E-state index in [-0.39, 0.29) is 36.3 Å². The number of anilines is 1. The van der Waals surface area contributed by atoms with Crippen LogP contribution in [0.4, 0.5) is 5.88 Å². The van der Waals surface area contributed by atoms with E-state index >= 15 is 0 Å². The van der Waals surface area contributed by atoms with Gasteiger partial charge in [0.15, 0.2) is 5.75 Å². The van der Waals surface area contributed by atoms with Gasteiger partial charge in [-0.05, 0) is 40.5 Å². The fourth-order valence-electron chi connectivity index (χ4n) is 2.49. The van der Waals surface area contributed by atoms with E-state index in [9.17, 15) is 14.4 Å². The van der Waals surface area contributed by atoms with Crippen LogP contribution < -0.4 is 9.64 Å². The summed E-state index contributed by atoms with van der Waals surface area (Å²) in [5, 5.41) is 0. The second-order valence-electron chi connectivity index (χ2n) is 7.03. The number of nitrogens with zero attached hydrogens (tertiary/aromatic N) is 1. The Kier molecular flexibility index (Phi) is 5.90. The van der Waals surface area contributed by atoms with Crippen LogP contribution in [-0.2, 0) is 20.7 Å². The van der Waals surface area contributed by atoms with Crippen molar-refractivity contribution in [3.63, 3.8) is 0 Å². The number of fused-ring (bicyclic) bond motifs is 1. The third kappa shape index (κ3) is 3.98. The van der Waals surface area contributed by atoms with E-state index in [0.717, 1.165) is 0 Å². The maximum atomic E-state index is 12.4. The van der Waals surface area contributed by atoms with E-state index in [1.807, 2.05) is 0 Å². The maximum Gasteiger partial charge on any atom is 0.378 e. The number of ether oxygens (including phenoxy) is 2. The van der Waals surface area contributed by atoms with E-state index in [2.05, 4.69) is 6.58 Å². The summed E-state index contributed by atoms with van der Waals surface area (Å²) in [6.45, 7) is 11.0. The van der Waals surface area contributed by atoms with Gasteiger partial charge in [-0.2, -0.15) is 0 Å². The van der Waals surface area contributed by atoms with Gasteiger partial charge in [-0.25, -0.2) is 4.79 Å². The molecule has 0 bridgehead atoms. The summed E-state index contributed by atoms with van der Waals surface area (Å²) in [6, 6.07) is 0. The molecule has 1 aliphatic heterocycles. The predicted molar refractivity (Wildman–Crippen MR) is 95.2 cm³/mol. The van der Waals surface area contributed by atoms with Crippen molar-refractivity contribution in [1.29, 1.82) is 0 Å². The third-order valence-corrected chi connectivity index (χ3v) is 3.90. The standard InChI is InChI=1S/C19H25NO6/c1-6-8-9-13(21)20-11-10-12-14(26-18(23)19(3,4)5)15(25-16(12)20)17(22)24-7-2/h6H,1,7-11H2,2-5H3. The molecular formula is C19H25NO6. The number of allylic oxidation sites excluding steroid dienone is 1. The van der Waals surface area contributed by atoms with Gasteiger partial charge < -0.3 is 13.9 Å². The summed E-state index contributed by atoms with van der Waals surface area (Å²) < 4.78 is 16.1. The quantitative estimate of drug-likeness (QED) is 0.569. The molecule has 26 heavy (non-hydrogen) atoms. The number of rotatable bonds is 6. The van der Waals surface area contributed by atoms with Gasteiger partial charge in [0, 0.05) is 13.0 Å². The first-order chi connectivity index (χ1) is 12.2. The van der Waals surface area contributed by atoms with E-state index in [0.29, 0.717) is 24.9 Å². The molecule has 1 aromatic heterocycles. The van der Waals surface area contributed by atoms with E-state index in [1.54, 1.807) is 33.8 Å². The van der Waals surface area contributed by atoms with Crippen LogP contribution in [0.15, 0.2) is 17.1 Å². The van der Waals surface area contributed by atoms with Gasteiger partial charge in [-0.15, -0.1) is 6.58 Å². The molecule has 0 N–H and O–H groups in total. The molecule has 0 saturated carbocycles. The van der Waals surface area contributed by atoms with Crippen LogP contribution in [0.2, 0.25) is 0 Å². The number of esters is 2. The number of amides is 1. The van der Waals surface area contributed by atoms with Gasteiger partial charge in [0.2, 0.25) is 11.8 Å². The Bertz CT molecular complexity index is 725. The lowest BCUT2D eigenvalue weighted by Gasteiger charge is -2.16. The van der Waals surface area contributed by atoms with E-state index < -0.39 is 17.4 Å². The van der Waals surface area contributed by atoms with E-state index in [4.69, 9.17) is 13.9 Å². The van der Waals surface area contributed by atoms with Crippen LogP contribution in [0, 0.1) is 5.41 Å². The number of carbonyl (C=O) groups excluding carboxylic acids is 3. The number of hydrogen-bond donors (Lipinski definition) is 0. The summed E-state index contributed by atoms with van der Waals surface area (Å²) in [7, 11) is 0. The summed E-state index contributed by atoms with van der Waals surface area (Å²) in [5.41, 5.74) is -0.216. The topological polar surface area (TPSA) is 86.1 Å². The third-order valence-electron chi connectivity index (χ3n) is 3.90. The van der Waals surface area contributed by atoms with Gasteiger partial charge in [-0.1, -0.05) is 6.08 Å². The fourth-order valence-corrected chi connectivity index (χ4v) is 2.49. The Labute approximate surface area is 152 Å². The largest absolute Gasteiger partial charge is 0.460 e. The molecule has 0 unspecified atom stereocenters. The SMILES string of the molecule is C=CCCC(=O)N1CCc2c1oc(C(=O)OCC)c2OC(=O)C(C)(C)C. The second kappa shape index (κ2) is 7.76. The molecule has 0 aromatic carbocycles. The Hall–Kier alpha value is -2.57. The zero-order chi connectivity index (χ0) is 19.5. The van der Waals surface area contributed by atoms with Crippen LogP contribution >= 0.6 is 0 Å². The number of hydrogen-bond acceptors (Lipinski definition) is 6. The van der Waals surface area contributed by atoms with Crippen molar-refractivity contribution in [2.75, 3.05) is 18.1 Å². The molecule has 0 atom stereocenters. The van der Waals surface area contributed by atoms with Crippen molar-refractivity contribution in [3.05, 3.63) is 24.0 Å². The molecule has 7 heteroatoms. The highest BCUT2D eigenvalue weighted by molar-refractivity contribution is 5.98. The minimum Gasteiger partial charge on any atom is -0.460 e. The molecule has 1 aliphatic rings. The Balaban J connectivity index is 2.40. The van der Waals surface area contributed by atoms with Crippen molar-refractivity contribution in [3.8, 4) is 5.75 Å². The first kappa shape index (κ1) is 19.8. The Morgan fingerprint density at radius 3 is 2.58 bits per heavy atom. The highest BCUT2D eigenvalue weighted by atomic mass is 16.6. The normalized spacial score (nSPS) is 13.3. The molecule has 0 aliphatic carbocycles. The molecule has 142 valence electrons. The summed E-state index contributed by atoms with van der Waals surface area (Å²) >= 11 is 0. The minimum absolute atomic E-state index is 0.0531. The summed E-state index contributed by atoms with van der Waals surface area (Å²) in [4.78, 5) is 38.4. The first-order valence-corrected chi connectivity index (χ1v) is 8.67. The molecule has 0 saturated heterocycles. The molecule has 0 fully saturated rings. The van der Waals surface area contributed by atoms with Crippen LogP contribution in [0.1, 0.15) is 56.7 Å². The average Bonchev–Trinajstić information content (AvgIpc) is 3.12. The molecule has 1 amide bonds. The number of carbonyl (C=O) groups is 3.